The average Bonchev–Trinajstić information content (AvgIpc) is 2.93. The Morgan fingerprint density at radius 1 is 1.33 bits per heavy atom. The van der Waals surface area contributed by atoms with Crippen LogP contribution in [0.2, 0.25) is 0 Å². The lowest BCUT2D eigenvalue weighted by Gasteiger charge is -2.12. The van der Waals surface area contributed by atoms with Crippen LogP contribution in [0.15, 0.2) is 0 Å². The number of amides is 1. The second-order valence-electron chi connectivity index (χ2n) is 5.33. The molecule has 0 aliphatic carbocycles. The Bertz CT molecular complexity index is 388. The van der Waals surface area contributed by atoms with Crippen LogP contribution in [0.3, 0.4) is 0 Å². The van der Waals surface area contributed by atoms with Gasteiger partial charge in [-0.1, -0.05) is 0 Å². The van der Waals surface area contributed by atoms with Gasteiger partial charge in [-0.3, -0.25) is 4.79 Å². The largest absolute Gasteiger partial charge is 0.355 e. The number of nitrogens with one attached hydrogen (secondary N) is 2. The highest BCUT2D eigenvalue weighted by Gasteiger charge is 2.31. The summed E-state index contributed by atoms with van der Waals surface area (Å²) in [5.41, 5.74) is 0. The molecule has 2 heterocycles. The molecular weight excluding hydrogens is 252 g/mol. The molecule has 2 N–H and O–H groups in total. The maximum absolute atomic E-state index is 11.6. The summed E-state index contributed by atoms with van der Waals surface area (Å²) in [6.45, 7) is 2.35. The van der Waals surface area contributed by atoms with Crippen LogP contribution in [-0.2, 0) is 14.6 Å². The first-order chi connectivity index (χ1) is 8.58. The number of sulfone groups is 1. The summed E-state index contributed by atoms with van der Waals surface area (Å²) in [4.78, 5) is 11.6. The van der Waals surface area contributed by atoms with E-state index in [2.05, 4.69) is 10.6 Å². The zero-order valence-corrected chi connectivity index (χ0v) is 11.5. The van der Waals surface area contributed by atoms with Crippen molar-refractivity contribution in [3.8, 4) is 0 Å². The summed E-state index contributed by atoms with van der Waals surface area (Å²) in [5, 5.41) is 5.69. The topological polar surface area (TPSA) is 75.3 Å². The molecule has 0 saturated carbocycles. The second kappa shape index (κ2) is 6.02. The standard InChI is InChI=1S/C12H22N2O3S/c15-12(4-3-10-5-6-13-8-10)14-9-11-2-1-7-18(11,16)17/h10-11,13H,1-9H2,(H,14,15). The fourth-order valence-electron chi connectivity index (χ4n) is 2.70. The molecule has 5 nitrogen and oxygen atoms in total. The van der Waals surface area contributed by atoms with E-state index in [1.54, 1.807) is 0 Å². The van der Waals surface area contributed by atoms with Gasteiger partial charge >= 0.3 is 0 Å². The second-order valence-corrected chi connectivity index (χ2v) is 7.73. The summed E-state index contributed by atoms with van der Waals surface area (Å²) >= 11 is 0. The first-order valence-corrected chi connectivity index (χ1v) is 8.48. The molecule has 2 fully saturated rings. The van der Waals surface area contributed by atoms with Gasteiger partial charge in [-0.15, -0.1) is 0 Å². The van der Waals surface area contributed by atoms with E-state index in [0.29, 0.717) is 25.3 Å². The van der Waals surface area contributed by atoms with Crippen molar-refractivity contribution in [2.75, 3.05) is 25.4 Å². The number of carbonyl (C=O) groups excluding carboxylic acids is 1. The molecule has 0 bridgehead atoms. The van der Waals surface area contributed by atoms with Gasteiger partial charge in [0.15, 0.2) is 9.84 Å². The Balaban J connectivity index is 1.65. The third-order valence-electron chi connectivity index (χ3n) is 3.93. The molecule has 0 aromatic rings. The molecule has 0 aromatic heterocycles. The predicted octanol–water partition coefficient (Wildman–Crippen LogP) is 0.0695. The summed E-state index contributed by atoms with van der Waals surface area (Å²) in [7, 11) is -2.94. The smallest absolute Gasteiger partial charge is 0.220 e. The van der Waals surface area contributed by atoms with Gasteiger partial charge in [-0.2, -0.15) is 0 Å². The lowest BCUT2D eigenvalue weighted by Crippen LogP contribution is -2.34. The molecule has 0 radical (unpaired) electrons. The molecular formula is C12H22N2O3S. The first-order valence-electron chi connectivity index (χ1n) is 6.77. The molecule has 2 saturated heterocycles. The van der Waals surface area contributed by atoms with E-state index in [0.717, 1.165) is 32.4 Å². The molecule has 2 unspecified atom stereocenters. The quantitative estimate of drug-likeness (QED) is 0.744. The fourth-order valence-corrected chi connectivity index (χ4v) is 4.46. The average molecular weight is 274 g/mol. The van der Waals surface area contributed by atoms with Gasteiger partial charge in [0.2, 0.25) is 5.91 Å². The van der Waals surface area contributed by atoms with Crippen LogP contribution in [0.5, 0.6) is 0 Å². The Morgan fingerprint density at radius 2 is 2.17 bits per heavy atom. The van der Waals surface area contributed by atoms with Crippen molar-refractivity contribution in [1.82, 2.24) is 10.6 Å². The van der Waals surface area contributed by atoms with E-state index in [1.165, 1.54) is 0 Å². The van der Waals surface area contributed by atoms with E-state index in [-0.39, 0.29) is 16.9 Å². The van der Waals surface area contributed by atoms with Gasteiger partial charge in [0.1, 0.15) is 0 Å². The molecule has 2 aliphatic heterocycles. The third kappa shape index (κ3) is 3.68. The normalized spacial score (nSPS) is 30.4. The minimum atomic E-state index is -2.94. The van der Waals surface area contributed by atoms with Crippen molar-refractivity contribution < 1.29 is 13.2 Å². The van der Waals surface area contributed by atoms with Gasteiger partial charge in [0, 0.05) is 13.0 Å². The molecule has 6 heteroatoms. The van der Waals surface area contributed by atoms with Crippen LogP contribution in [0.1, 0.15) is 32.1 Å². The lowest BCUT2D eigenvalue weighted by atomic mass is 10.0. The van der Waals surface area contributed by atoms with Crippen molar-refractivity contribution in [2.45, 2.75) is 37.4 Å². The van der Waals surface area contributed by atoms with Gasteiger partial charge in [0.05, 0.1) is 11.0 Å². The zero-order chi connectivity index (χ0) is 13.0. The van der Waals surface area contributed by atoms with E-state index in [9.17, 15) is 13.2 Å². The maximum Gasteiger partial charge on any atom is 0.220 e. The first kappa shape index (κ1) is 13.8. The Kier molecular flexibility index (Phi) is 4.61. The van der Waals surface area contributed by atoms with Crippen LogP contribution >= 0.6 is 0 Å². The van der Waals surface area contributed by atoms with Gasteiger partial charge in [0.25, 0.3) is 0 Å². The molecule has 2 aliphatic rings. The Hall–Kier alpha value is -0.620. The minimum absolute atomic E-state index is 0.0102. The molecule has 0 spiro atoms. The summed E-state index contributed by atoms with van der Waals surface area (Å²) < 4.78 is 23.2. The lowest BCUT2D eigenvalue weighted by molar-refractivity contribution is -0.121. The highest BCUT2D eigenvalue weighted by molar-refractivity contribution is 7.92. The van der Waals surface area contributed by atoms with Crippen LogP contribution < -0.4 is 10.6 Å². The van der Waals surface area contributed by atoms with E-state index < -0.39 is 9.84 Å². The number of carbonyl (C=O) groups is 1. The highest BCUT2D eigenvalue weighted by Crippen LogP contribution is 2.19. The van der Waals surface area contributed by atoms with Crippen molar-refractivity contribution in [3.05, 3.63) is 0 Å². The molecule has 2 rings (SSSR count). The highest BCUT2D eigenvalue weighted by atomic mass is 32.2. The maximum atomic E-state index is 11.6. The molecule has 1 amide bonds. The molecule has 0 aromatic carbocycles. The van der Waals surface area contributed by atoms with E-state index in [1.807, 2.05) is 0 Å². The van der Waals surface area contributed by atoms with Crippen LogP contribution in [0.25, 0.3) is 0 Å². The number of hydrogen-bond acceptors (Lipinski definition) is 4. The summed E-state index contributed by atoms with van der Waals surface area (Å²) in [5.74, 6) is 0.872. The number of hydrogen-bond donors (Lipinski definition) is 2. The summed E-state index contributed by atoms with van der Waals surface area (Å²) in [6, 6.07) is 0. The van der Waals surface area contributed by atoms with Crippen molar-refractivity contribution >= 4 is 15.7 Å². The number of rotatable bonds is 5. The van der Waals surface area contributed by atoms with E-state index >= 15 is 0 Å². The third-order valence-corrected chi connectivity index (χ3v) is 6.21. The fraction of sp³-hybridized carbons (Fsp3) is 0.917. The molecule has 18 heavy (non-hydrogen) atoms. The van der Waals surface area contributed by atoms with Crippen molar-refractivity contribution in [3.63, 3.8) is 0 Å². The van der Waals surface area contributed by atoms with E-state index in [4.69, 9.17) is 0 Å². The molecule has 104 valence electrons. The molecule has 2 atom stereocenters. The van der Waals surface area contributed by atoms with Crippen molar-refractivity contribution in [2.24, 2.45) is 5.92 Å². The monoisotopic (exact) mass is 274 g/mol. The van der Waals surface area contributed by atoms with Crippen LogP contribution in [-0.4, -0.2) is 45.0 Å². The van der Waals surface area contributed by atoms with Crippen LogP contribution in [0.4, 0.5) is 0 Å². The van der Waals surface area contributed by atoms with Crippen molar-refractivity contribution in [1.29, 1.82) is 0 Å². The van der Waals surface area contributed by atoms with Crippen LogP contribution in [0, 0.1) is 5.92 Å². The van der Waals surface area contributed by atoms with Gasteiger partial charge in [-0.05, 0) is 44.7 Å². The van der Waals surface area contributed by atoms with Gasteiger partial charge in [-0.25, -0.2) is 8.42 Å². The zero-order valence-electron chi connectivity index (χ0n) is 10.7. The Labute approximate surface area is 109 Å². The minimum Gasteiger partial charge on any atom is -0.355 e. The Morgan fingerprint density at radius 3 is 2.78 bits per heavy atom. The predicted molar refractivity (Wildman–Crippen MR) is 70.0 cm³/mol. The summed E-state index contributed by atoms with van der Waals surface area (Å²) in [6.07, 6.45) is 3.98. The SMILES string of the molecule is O=C(CCC1CCNC1)NCC1CCCS1(=O)=O. The van der Waals surface area contributed by atoms with Gasteiger partial charge < -0.3 is 10.6 Å².